The minimum atomic E-state index is -1.05. The summed E-state index contributed by atoms with van der Waals surface area (Å²) in [5, 5.41) is 9.29. The molecule has 1 heterocycles. The van der Waals surface area contributed by atoms with E-state index in [0.29, 0.717) is 13.0 Å². The maximum atomic E-state index is 13.4. The Bertz CT molecular complexity index is 159. The van der Waals surface area contributed by atoms with Gasteiger partial charge in [0, 0.05) is 19.1 Å². The highest BCUT2D eigenvalue weighted by Gasteiger charge is 2.36. The molecule has 0 amide bonds. The Morgan fingerprint density at radius 1 is 1.50 bits per heavy atom. The molecule has 0 bridgehead atoms. The first-order valence-electron chi connectivity index (χ1n) is 4.53. The average molecular weight is 175 g/mol. The zero-order chi connectivity index (χ0) is 9.35. The SMILES string of the molecule is CC(O)C(C)N1CCC(C)(F)C1. The molecule has 0 radical (unpaired) electrons. The minimum Gasteiger partial charge on any atom is -0.392 e. The Balaban J connectivity index is 2.47. The van der Waals surface area contributed by atoms with Gasteiger partial charge in [0.05, 0.1) is 6.10 Å². The van der Waals surface area contributed by atoms with Gasteiger partial charge >= 0.3 is 0 Å². The van der Waals surface area contributed by atoms with Crippen LogP contribution in [0.5, 0.6) is 0 Å². The molecule has 1 fully saturated rings. The maximum absolute atomic E-state index is 13.4. The monoisotopic (exact) mass is 175 g/mol. The lowest BCUT2D eigenvalue weighted by Gasteiger charge is -2.26. The molecular weight excluding hydrogens is 157 g/mol. The van der Waals surface area contributed by atoms with E-state index in [9.17, 15) is 9.50 Å². The third-order valence-electron chi connectivity index (χ3n) is 2.73. The summed E-state index contributed by atoms with van der Waals surface area (Å²) in [4.78, 5) is 2.00. The van der Waals surface area contributed by atoms with Gasteiger partial charge < -0.3 is 5.11 Å². The second-order valence-electron chi connectivity index (χ2n) is 4.12. The molecule has 1 saturated heterocycles. The van der Waals surface area contributed by atoms with Crippen LogP contribution in [0.3, 0.4) is 0 Å². The molecule has 2 nitrogen and oxygen atoms in total. The predicted molar refractivity (Wildman–Crippen MR) is 46.8 cm³/mol. The van der Waals surface area contributed by atoms with Crippen molar-refractivity contribution in [2.75, 3.05) is 13.1 Å². The summed E-state index contributed by atoms with van der Waals surface area (Å²) in [6, 6.07) is 0.0718. The van der Waals surface area contributed by atoms with Crippen molar-refractivity contribution in [1.29, 1.82) is 0 Å². The van der Waals surface area contributed by atoms with Gasteiger partial charge in [0.1, 0.15) is 5.67 Å². The summed E-state index contributed by atoms with van der Waals surface area (Å²) in [6.45, 7) is 6.53. The van der Waals surface area contributed by atoms with Crippen LogP contribution in [-0.2, 0) is 0 Å². The summed E-state index contributed by atoms with van der Waals surface area (Å²) >= 11 is 0. The molecule has 1 aliphatic heterocycles. The van der Waals surface area contributed by atoms with Crippen LogP contribution in [-0.4, -0.2) is 40.9 Å². The summed E-state index contributed by atoms with van der Waals surface area (Å²) in [5.41, 5.74) is -1.05. The molecular formula is C9H18FNO. The van der Waals surface area contributed by atoms with E-state index in [4.69, 9.17) is 0 Å². The topological polar surface area (TPSA) is 23.5 Å². The third kappa shape index (κ3) is 2.17. The van der Waals surface area contributed by atoms with Gasteiger partial charge in [-0.1, -0.05) is 0 Å². The Morgan fingerprint density at radius 2 is 2.08 bits per heavy atom. The van der Waals surface area contributed by atoms with Crippen molar-refractivity contribution < 1.29 is 9.50 Å². The molecule has 0 aromatic heterocycles. The number of likely N-dealkylation sites (tertiary alicyclic amines) is 1. The first-order valence-corrected chi connectivity index (χ1v) is 4.53. The first kappa shape index (κ1) is 9.93. The van der Waals surface area contributed by atoms with Gasteiger partial charge in [-0.05, 0) is 27.2 Å². The van der Waals surface area contributed by atoms with Crippen molar-refractivity contribution in [2.24, 2.45) is 0 Å². The van der Waals surface area contributed by atoms with Crippen LogP contribution in [0.1, 0.15) is 27.2 Å². The molecule has 0 aromatic carbocycles. The largest absolute Gasteiger partial charge is 0.392 e. The highest BCUT2D eigenvalue weighted by molar-refractivity contribution is 4.89. The predicted octanol–water partition coefficient (Wildman–Crippen LogP) is 1.19. The zero-order valence-corrected chi connectivity index (χ0v) is 8.05. The number of aliphatic hydroxyl groups excluding tert-OH is 1. The fourth-order valence-electron chi connectivity index (χ4n) is 1.61. The van der Waals surface area contributed by atoms with Gasteiger partial charge in [0.25, 0.3) is 0 Å². The lowest BCUT2D eigenvalue weighted by atomic mass is 10.1. The first-order chi connectivity index (χ1) is 5.42. The summed E-state index contributed by atoms with van der Waals surface area (Å²) in [5.74, 6) is 0. The fourth-order valence-corrected chi connectivity index (χ4v) is 1.61. The molecule has 12 heavy (non-hydrogen) atoms. The van der Waals surface area contributed by atoms with Crippen LogP contribution in [0, 0.1) is 0 Å². The van der Waals surface area contributed by atoms with E-state index in [1.165, 1.54) is 0 Å². The molecule has 0 spiro atoms. The molecule has 0 aliphatic carbocycles. The second-order valence-corrected chi connectivity index (χ2v) is 4.12. The van der Waals surface area contributed by atoms with Crippen molar-refractivity contribution in [1.82, 2.24) is 4.90 Å². The standard InChI is InChI=1S/C9H18FNO/c1-7(8(2)12)11-5-4-9(3,10)6-11/h7-8,12H,4-6H2,1-3H3. The molecule has 3 atom stereocenters. The van der Waals surface area contributed by atoms with Gasteiger partial charge in [-0.3, -0.25) is 4.90 Å². The Morgan fingerprint density at radius 3 is 2.42 bits per heavy atom. The zero-order valence-electron chi connectivity index (χ0n) is 8.05. The van der Waals surface area contributed by atoms with Crippen LogP contribution in [0.25, 0.3) is 0 Å². The van der Waals surface area contributed by atoms with E-state index in [1.807, 2.05) is 11.8 Å². The average Bonchev–Trinajstić information content (AvgIpc) is 2.28. The minimum absolute atomic E-state index is 0.0718. The number of alkyl halides is 1. The van der Waals surface area contributed by atoms with E-state index in [2.05, 4.69) is 0 Å². The lowest BCUT2D eigenvalue weighted by Crippen LogP contribution is -2.40. The Hall–Kier alpha value is -0.150. The summed E-state index contributed by atoms with van der Waals surface area (Å²) < 4.78 is 13.4. The molecule has 3 unspecified atom stereocenters. The molecule has 3 heteroatoms. The number of nitrogens with zero attached hydrogens (tertiary/aromatic N) is 1. The highest BCUT2D eigenvalue weighted by atomic mass is 19.1. The number of rotatable bonds is 2. The summed E-state index contributed by atoms with van der Waals surface area (Å²) in [6.07, 6.45) is 0.211. The number of hydrogen-bond donors (Lipinski definition) is 1. The van der Waals surface area contributed by atoms with Crippen molar-refractivity contribution in [2.45, 2.75) is 45.0 Å². The second kappa shape index (κ2) is 3.30. The molecule has 1 rings (SSSR count). The maximum Gasteiger partial charge on any atom is 0.122 e. The highest BCUT2D eigenvalue weighted by Crippen LogP contribution is 2.26. The van der Waals surface area contributed by atoms with Crippen LogP contribution < -0.4 is 0 Å². The van der Waals surface area contributed by atoms with E-state index in [-0.39, 0.29) is 12.1 Å². The smallest absolute Gasteiger partial charge is 0.122 e. The molecule has 72 valence electrons. The van der Waals surface area contributed by atoms with Crippen molar-refractivity contribution in [3.8, 4) is 0 Å². The van der Waals surface area contributed by atoms with Crippen molar-refractivity contribution in [3.05, 3.63) is 0 Å². The van der Waals surface area contributed by atoms with E-state index >= 15 is 0 Å². The summed E-state index contributed by atoms with van der Waals surface area (Å²) in [7, 11) is 0. The molecule has 0 saturated carbocycles. The van der Waals surface area contributed by atoms with Gasteiger partial charge in [-0.25, -0.2) is 4.39 Å². The van der Waals surface area contributed by atoms with E-state index < -0.39 is 5.67 Å². The number of halogens is 1. The van der Waals surface area contributed by atoms with E-state index in [1.54, 1.807) is 13.8 Å². The van der Waals surface area contributed by atoms with Gasteiger partial charge in [0.15, 0.2) is 0 Å². The van der Waals surface area contributed by atoms with E-state index in [0.717, 1.165) is 6.54 Å². The Kier molecular flexibility index (Phi) is 2.74. The van der Waals surface area contributed by atoms with Crippen LogP contribution in [0.4, 0.5) is 4.39 Å². The van der Waals surface area contributed by atoms with Crippen molar-refractivity contribution >= 4 is 0 Å². The number of hydrogen-bond acceptors (Lipinski definition) is 2. The lowest BCUT2D eigenvalue weighted by molar-refractivity contribution is 0.0737. The fraction of sp³-hybridized carbons (Fsp3) is 1.00. The van der Waals surface area contributed by atoms with Crippen LogP contribution in [0.15, 0.2) is 0 Å². The number of aliphatic hydroxyl groups is 1. The molecule has 1 N–H and O–H groups in total. The normalized spacial score (nSPS) is 36.8. The van der Waals surface area contributed by atoms with Gasteiger partial charge in [0.2, 0.25) is 0 Å². The molecule has 0 aromatic rings. The third-order valence-corrected chi connectivity index (χ3v) is 2.73. The van der Waals surface area contributed by atoms with Gasteiger partial charge in [-0.15, -0.1) is 0 Å². The van der Waals surface area contributed by atoms with Crippen LogP contribution >= 0.6 is 0 Å². The van der Waals surface area contributed by atoms with Crippen LogP contribution in [0.2, 0.25) is 0 Å². The van der Waals surface area contributed by atoms with Crippen molar-refractivity contribution in [3.63, 3.8) is 0 Å². The Labute approximate surface area is 73.4 Å². The van der Waals surface area contributed by atoms with Gasteiger partial charge in [-0.2, -0.15) is 0 Å². The molecule has 1 aliphatic rings. The quantitative estimate of drug-likeness (QED) is 0.681.